The van der Waals surface area contributed by atoms with E-state index >= 15 is 0 Å². The Labute approximate surface area is 243 Å². The number of morpholine rings is 1. The minimum atomic E-state index is -1.09. The number of piperazine rings is 1. The van der Waals surface area contributed by atoms with E-state index in [1.54, 1.807) is 13.0 Å². The lowest BCUT2D eigenvalue weighted by Gasteiger charge is -2.35. The van der Waals surface area contributed by atoms with Crippen LogP contribution in [0.1, 0.15) is 35.9 Å². The smallest absolute Gasteiger partial charge is 0.481 e. The van der Waals surface area contributed by atoms with Crippen LogP contribution in [0.5, 0.6) is 0 Å². The highest BCUT2D eigenvalue weighted by Crippen LogP contribution is 2.18. The molecule has 3 heterocycles. The van der Waals surface area contributed by atoms with Crippen molar-refractivity contribution >= 4 is 23.9 Å². The fraction of sp³-hybridized carbons (Fsp3) is 0.500. The number of nitrogens with one attached hydrogen (secondary N) is 1. The van der Waals surface area contributed by atoms with Gasteiger partial charge in [-0.25, -0.2) is 14.8 Å². The summed E-state index contributed by atoms with van der Waals surface area (Å²) in [4.78, 5) is 67.9. The van der Waals surface area contributed by atoms with E-state index in [-0.39, 0.29) is 51.3 Å². The van der Waals surface area contributed by atoms with Crippen molar-refractivity contribution in [3.8, 4) is 11.4 Å². The van der Waals surface area contributed by atoms with Gasteiger partial charge in [-0.2, -0.15) is 0 Å². The van der Waals surface area contributed by atoms with Crippen LogP contribution in [-0.4, -0.2) is 119 Å². The van der Waals surface area contributed by atoms with Gasteiger partial charge in [0.25, 0.3) is 5.91 Å². The molecule has 0 unspecified atom stereocenters. The predicted octanol–water partition coefficient (Wildman–Crippen LogP) is 1.17. The third-order valence-corrected chi connectivity index (χ3v) is 6.80. The number of hydroxylamine groups is 2. The monoisotopic (exact) mass is 584 g/mol. The van der Waals surface area contributed by atoms with Gasteiger partial charge in [-0.1, -0.05) is 30.3 Å². The Hall–Kier alpha value is -4.14. The molecule has 2 saturated heterocycles. The van der Waals surface area contributed by atoms with Crippen LogP contribution in [-0.2, 0) is 30.4 Å². The Bertz CT molecular complexity index is 1230. The molecule has 4 rings (SSSR count). The summed E-state index contributed by atoms with van der Waals surface area (Å²) in [7, 11) is 0. The van der Waals surface area contributed by atoms with Gasteiger partial charge in [-0.15, -0.1) is 5.06 Å². The largest absolute Gasteiger partial charge is 0.527 e. The second-order valence-corrected chi connectivity index (χ2v) is 9.81. The van der Waals surface area contributed by atoms with E-state index in [9.17, 15) is 24.3 Å². The van der Waals surface area contributed by atoms with Gasteiger partial charge in [-0.05, 0) is 19.4 Å². The lowest BCUT2D eigenvalue weighted by atomic mass is 10.1. The zero-order valence-corrected chi connectivity index (χ0v) is 23.6. The highest BCUT2D eigenvalue weighted by Gasteiger charge is 2.31. The maximum atomic E-state index is 13.5. The number of aliphatic carboxylic acids is 1. The summed E-state index contributed by atoms with van der Waals surface area (Å²) in [5.41, 5.74) is 1.45. The van der Waals surface area contributed by atoms with E-state index in [1.807, 2.05) is 30.3 Å². The number of ether oxygens (including phenoxy) is 2. The minimum absolute atomic E-state index is 0.0768. The molecule has 226 valence electrons. The highest BCUT2D eigenvalue weighted by molar-refractivity contribution is 5.96. The molecule has 0 spiro atoms. The van der Waals surface area contributed by atoms with Gasteiger partial charge in [0.15, 0.2) is 5.82 Å². The number of carbonyl (C=O) groups is 4. The summed E-state index contributed by atoms with van der Waals surface area (Å²) < 4.78 is 10.2. The second kappa shape index (κ2) is 15.2. The van der Waals surface area contributed by atoms with Crippen molar-refractivity contribution in [2.24, 2.45) is 0 Å². The quantitative estimate of drug-likeness (QED) is 0.363. The van der Waals surface area contributed by atoms with Crippen LogP contribution in [0.25, 0.3) is 11.4 Å². The average Bonchev–Trinajstić information content (AvgIpc) is 3.00. The van der Waals surface area contributed by atoms with Crippen LogP contribution in [0.2, 0.25) is 0 Å². The maximum Gasteiger partial charge on any atom is 0.527 e. The van der Waals surface area contributed by atoms with Crippen LogP contribution in [0.3, 0.4) is 0 Å². The molecule has 14 nitrogen and oxygen atoms in total. The first kappa shape index (κ1) is 30.8. The lowest BCUT2D eigenvalue weighted by molar-refractivity contribution is -0.157. The number of nitrogens with zero attached hydrogens (tertiary/aromatic N) is 5. The molecule has 2 aliphatic rings. The van der Waals surface area contributed by atoms with Crippen molar-refractivity contribution in [1.82, 2.24) is 30.1 Å². The van der Waals surface area contributed by atoms with Crippen molar-refractivity contribution in [3.63, 3.8) is 0 Å². The van der Waals surface area contributed by atoms with Crippen LogP contribution in [0.4, 0.5) is 4.79 Å². The fourth-order valence-corrected chi connectivity index (χ4v) is 4.63. The van der Waals surface area contributed by atoms with Gasteiger partial charge < -0.3 is 29.6 Å². The Morgan fingerprint density at radius 1 is 1.02 bits per heavy atom. The summed E-state index contributed by atoms with van der Waals surface area (Å²) in [6.07, 6.45) is -1.24. The lowest BCUT2D eigenvalue weighted by Crippen LogP contribution is -2.55. The van der Waals surface area contributed by atoms with Crippen LogP contribution in [0.15, 0.2) is 36.4 Å². The van der Waals surface area contributed by atoms with E-state index in [4.69, 9.17) is 19.3 Å². The molecule has 0 aliphatic carbocycles. The molecule has 0 bridgehead atoms. The maximum absolute atomic E-state index is 13.5. The highest BCUT2D eigenvalue weighted by atomic mass is 16.8. The Morgan fingerprint density at radius 3 is 2.40 bits per heavy atom. The van der Waals surface area contributed by atoms with E-state index in [0.29, 0.717) is 31.3 Å². The number of carboxylic acid groups (broad SMARTS) is 1. The molecule has 2 N–H and O–H groups in total. The molecule has 2 aromatic rings. The van der Waals surface area contributed by atoms with Crippen LogP contribution >= 0.6 is 0 Å². The number of carbonyl (C=O) groups excluding carboxylic acids is 3. The van der Waals surface area contributed by atoms with E-state index in [2.05, 4.69) is 15.2 Å². The molecule has 1 atom stereocenters. The first-order valence-corrected chi connectivity index (χ1v) is 14.0. The fourth-order valence-electron chi connectivity index (χ4n) is 4.63. The Balaban J connectivity index is 1.49. The zero-order chi connectivity index (χ0) is 29.9. The van der Waals surface area contributed by atoms with Crippen molar-refractivity contribution in [2.45, 2.75) is 32.4 Å². The average molecular weight is 585 g/mol. The van der Waals surface area contributed by atoms with Crippen molar-refractivity contribution < 1.29 is 38.6 Å². The number of hydrogen-bond donors (Lipinski definition) is 2. The topological polar surface area (TPSA) is 164 Å². The number of amides is 2. The summed E-state index contributed by atoms with van der Waals surface area (Å²) in [6.45, 7) is 5.93. The molecule has 2 fully saturated rings. The zero-order valence-electron chi connectivity index (χ0n) is 23.6. The van der Waals surface area contributed by atoms with Gasteiger partial charge >= 0.3 is 12.1 Å². The van der Waals surface area contributed by atoms with Gasteiger partial charge in [0, 0.05) is 44.7 Å². The Morgan fingerprint density at radius 2 is 1.74 bits per heavy atom. The second-order valence-electron chi connectivity index (χ2n) is 9.81. The van der Waals surface area contributed by atoms with Gasteiger partial charge in [0.05, 0.1) is 38.6 Å². The molecule has 1 aromatic heterocycles. The number of carboxylic acids is 1. The molecular formula is C28H36N6O8. The summed E-state index contributed by atoms with van der Waals surface area (Å²) in [5.74, 6) is -1.74. The summed E-state index contributed by atoms with van der Waals surface area (Å²) >= 11 is 0. The standard InChI is InChI=1S/C28H36N6O8/c1-2-41-28(39)42-34-12-10-33(11-13-34)27(38)22(8-9-24(35)36)31-26(37)23-18-21(19-32-14-16-40-17-15-32)29-25(30-23)20-6-4-3-5-7-20/h3-7,18,22H,2,8-17,19H2,1H3,(H,31,37)(H,35,36)/t22-/m0/s1. The third kappa shape index (κ3) is 8.93. The summed E-state index contributed by atoms with van der Waals surface area (Å²) in [5, 5.41) is 13.4. The number of benzene rings is 1. The molecule has 2 amide bonds. The Kier molecular flexibility index (Phi) is 11.1. The van der Waals surface area contributed by atoms with E-state index in [1.165, 1.54) is 9.96 Å². The summed E-state index contributed by atoms with van der Waals surface area (Å²) in [6, 6.07) is 9.78. The SMILES string of the molecule is CCOC(=O)ON1CCN(C(=O)[C@H](CCC(=O)O)NC(=O)c2cc(CN3CCOCC3)nc(-c3ccccc3)n2)CC1. The van der Waals surface area contributed by atoms with Crippen LogP contribution in [0, 0.1) is 0 Å². The van der Waals surface area contributed by atoms with Gasteiger partial charge in [0.1, 0.15) is 11.7 Å². The van der Waals surface area contributed by atoms with Gasteiger partial charge in [0.2, 0.25) is 5.91 Å². The van der Waals surface area contributed by atoms with Gasteiger partial charge in [-0.3, -0.25) is 19.3 Å². The first-order chi connectivity index (χ1) is 20.3. The minimum Gasteiger partial charge on any atom is -0.481 e. The molecule has 14 heteroatoms. The first-order valence-electron chi connectivity index (χ1n) is 14.0. The van der Waals surface area contributed by atoms with E-state index < -0.39 is 30.0 Å². The molecule has 0 radical (unpaired) electrons. The molecule has 2 aliphatic heterocycles. The number of hydrogen-bond acceptors (Lipinski definition) is 11. The molecule has 42 heavy (non-hydrogen) atoms. The van der Waals surface area contributed by atoms with Crippen molar-refractivity contribution in [1.29, 1.82) is 0 Å². The normalized spacial score (nSPS) is 16.8. The van der Waals surface area contributed by atoms with Crippen molar-refractivity contribution in [3.05, 3.63) is 47.8 Å². The van der Waals surface area contributed by atoms with E-state index in [0.717, 1.165) is 18.7 Å². The molecule has 1 aromatic carbocycles. The molecule has 0 saturated carbocycles. The van der Waals surface area contributed by atoms with Crippen LogP contribution < -0.4 is 5.32 Å². The number of aromatic nitrogens is 2. The predicted molar refractivity (Wildman–Crippen MR) is 148 cm³/mol. The molecular weight excluding hydrogens is 548 g/mol. The van der Waals surface area contributed by atoms with Crippen molar-refractivity contribution in [2.75, 3.05) is 59.1 Å². The number of rotatable bonds is 11. The third-order valence-electron chi connectivity index (χ3n) is 6.80.